The summed E-state index contributed by atoms with van der Waals surface area (Å²) in [6.07, 6.45) is 3.83. The highest BCUT2D eigenvalue weighted by molar-refractivity contribution is 5.91. The second-order valence-electron chi connectivity index (χ2n) is 7.37. The molecule has 0 radical (unpaired) electrons. The van der Waals surface area contributed by atoms with E-state index in [4.69, 9.17) is 4.74 Å². The van der Waals surface area contributed by atoms with Crippen molar-refractivity contribution >= 4 is 23.0 Å². The van der Waals surface area contributed by atoms with E-state index in [1.807, 2.05) is 26.8 Å². The largest absolute Gasteiger partial charge is 0.481 e. The Hall–Kier alpha value is -2.11. The molecule has 2 aromatic heterocycles. The normalized spacial score (nSPS) is 15.5. The molecule has 6 nitrogen and oxygen atoms in total. The minimum atomic E-state index is -0.0567. The molecule has 0 unspecified atom stereocenters. The van der Waals surface area contributed by atoms with Crippen molar-refractivity contribution in [2.24, 2.45) is 5.41 Å². The molecule has 3 rings (SSSR count). The maximum Gasteiger partial charge on any atom is 0.227 e. The van der Waals surface area contributed by atoms with Crippen molar-refractivity contribution in [3.63, 3.8) is 0 Å². The number of rotatable bonds is 4. The summed E-state index contributed by atoms with van der Waals surface area (Å²) in [4.78, 5) is 21.4. The van der Waals surface area contributed by atoms with Crippen molar-refractivity contribution in [2.45, 2.75) is 52.5 Å². The summed E-state index contributed by atoms with van der Waals surface area (Å²) in [5, 5.41) is 2.98. The molecule has 0 aromatic carbocycles. The van der Waals surface area contributed by atoms with E-state index in [0.29, 0.717) is 24.3 Å². The van der Waals surface area contributed by atoms with Crippen molar-refractivity contribution in [1.29, 1.82) is 0 Å². The van der Waals surface area contributed by atoms with Crippen LogP contribution in [0.1, 0.15) is 52.5 Å². The van der Waals surface area contributed by atoms with E-state index >= 15 is 0 Å². The summed E-state index contributed by atoms with van der Waals surface area (Å²) in [6.45, 7) is 6.15. The van der Waals surface area contributed by atoms with Gasteiger partial charge in [-0.2, -0.15) is 4.98 Å². The fourth-order valence-electron chi connectivity index (χ4n) is 2.80. The summed E-state index contributed by atoms with van der Waals surface area (Å²) >= 11 is 0. The Bertz CT molecular complexity index is 726. The third-order valence-corrected chi connectivity index (χ3v) is 4.10. The minimum absolute atomic E-state index is 0.0136. The number of methoxy groups -OCH3 is 1. The van der Waals surface area contributed by atoms with Crippen LogP contribution in [-0.2, 0) is 4.79 Å². The van der Waals surface area contributed by atoms with Crippen LogP contribution in [-0.4, -0.2) is 27.6 Å². The first-order valence-corrected chi connectivity index (χ1v) is 8.10. The number of hydrogen-bond acceptors (Lipinski definition) is 4. The summed E-state index contributed by atoms with van der Waals surface area (Å²) in [5.74, 6) is 1.14. The Morgan fingerprint density at radius 2 is 2.09 bits per heavy atom. The van der Waals surface area contributed by atoms with Gasteiger partial charge < -0.3 is 4.74 Å². The number of hydrogen-bond donors (Lipinski definition) is 1. The van der Waals surface area contributed by atoms with Crippen LogP contribution in [0.2, 0.25) is 0 Å². The van der Waals surface area contributed by atoms with Gasteiger partial charge in [-0.05, 0) is 30.7 Å². The van der Waals surface area contributed by atoms with Crippen molar-refractivity contribution < 1.29 is 9.53 Å². The van der Waals surface area contributed by atoms with E-state index in [9.17, 15) is 4.79 Å². The quantitative estimate of drug-likeness (QED) is 0.936. The molecule has 1 saturated carbocycles. The van der Waals surface area contributed by atoms with Gasteiger partial charge in [-0.3, -0.25) is 14.7 Å². The van der Waals surface area contributed by atoms with Crippen LogP contribution in [0.3, 0.4) is 0 Å². The van der Waals surface area contributed by atoms with Gasteiger partial charge >= 0.3 is 0 Å². The lowest BCUT2D eigenvalue weighted by Crippen LogP contribution is -2.24. The van der Waals surface area contributed by atoms with Gasteiger partial charge in [-0.15, -0.1) is 0 Å². The van der Waals surface area contributed by atoms with Crippen LogP contribution in [0.25, 0.3) is 11.2 Å². The Kier molecular flexibility index (Phi) is 4.00. The lowest BCUT2D eigenvalue weighted by atomic mass is 9.92. The van der Waals surface area contributed by atoms with Gasteiger partial charge in [-0.25, -0.2) is 4.98 Å². The number of carbonyl (C=O) groups excluding carboxylic acids is 1. The highest BCUT2D eigenvalue weighted by atomic mass is 16.5. The second kappa shape index (κ2) is 5.83. The Balaban J connectivity index is 1.97. The topological polar surface area (TPSA) is 69.0 Å². The number of carbonyl (C=O) groups is 1. The lowest BCUT2D eigenvalue weighted by Gasteiger charge is -2.28. The monoisotopic (exact) mass is 316 g/mol. The number of amides is 1. The first-order chi connectivity index (χ1) is 10.9. The van der Waals surface area contributed by atoms with Crippen LogP contribution in [0.4, 0.5) is 5.95 Å². The van der Waals surface area contributed by atoms with Gasteiger partial charge in [-0.1, -0.05) is 20.8 Å². The molecule has 23 heavy (non-hydrogen) atoms. The first kappa shape index (κ1) is 15.8. The van der Waals surface area contributed by atoms with Gasteiger partial charge in [0.15, 0.2) is 5.65 Å². The van der Waals surface area contributed by atoms with Gasteiger partial charge in [0.25, 0.3) is 0 Å². The second-order valence-corrected chi connectivity index (χ2v) is 7.37. The zero-order chi connectivity index (χ0) is 16.6. The zero-order valence-electron chi connectivity index (χ0n) is 14.2. The van der Waals surface area contributed by atoms with Gasteiger partial charge in [0.2, 0.25) is 17.7 Å². The van der Waals surface area contributed by atoms with E-state index in [1.165, 1.54) is 6.42 Å². The Labute approximate surface area is 136 Å². The van der Waals surface area contributed by atoms with Crippen LogP contribution in [0.15, 0.2) is 12.1 Å². The van der Waals surface area contributed by atoms with Gasteiger partial charge in [0.1, 0.15) is 5.52 Å². The average molecular weight is 316 g/mol. The molecule has 2 aromatic rings. The molecule has 0 saturated heterocycles. The number of nitrogens with one attached hydrogen (secondary N) is 1. The molecule has 1 fully saturated rings. The van der Waals surface area contributed by atoms with Gasteiger partial charge in [0, 0.05) is 18.5 Å². The number of pyridine rings is 1. The molecular weight excluding hydrogens is 292 g/mol. The fourth-order valence-corrected chi connectivity index (χ4v) is 2.80. The first-order valence-electron chi connectivity index (χ1n) is 8.10. The van der Waals surface area contributed by atoms with Crippen molar-refractivity contribution in [1.82, 2.24) is 14.5 Å². The zero-order valence-corrected chi connectivity index (χ0v) is 14.2. The van der Waals surface area contributed by atoms with Gasteiger partial charge in [0.05, 0.1) is 7.11 Å². The van der Waals surface area contributed by atoms with Crippen LogP contribution in [0.5, 0.6) is 5.88 Å². The number of imidazole rings is 1. The SMILES string of the molecule is COc1ccc2nc(NC(=O)CC(C)(C)C)n(C3CCC3)c2n1. The number of anilines is 1. The number of ether oxygens (including phenoxy) is 1. The highest BCUT2D eigenvalue weighted by Crippen LogP contribution is 2.37. The third-order valence-electron chi connectivity index (χ3n) is 4.10. The number of nitrogens with zero attached hydrogens (tertiary/aromatic N) is 3. The van der Waals surface area contributed by atoms with E-state index in [0.717, 1.165) is 24.0 Å². The smallest absolute Gasteiger partial charge is 0.227 e. The molecular formula is C17H24N4O2. The van der Waals surface area contributed by atoms with Crippen LogP contribution < -0.4 is 10.1 Å². The lowest BCUT2D eigenvalue weighted by molar-refractivity contribution is -0.117. The summed E-state index contributed by atoms with van der Waals surface area (Å²) in [5.41, 5.74) is 1.50. The molecule has 124 valence electrons. The highest BCUT2D eigenvalue weighted by Gasteiger charge is 2.27. The number of aromatic nitrogens is 3. The molecule has 0 atom stereocenters. The standard InChI is InChI=1S/C17H24N4O2/c1-17(2,3)10-13(22)19-16-18-12-8-9-14(23-4)20-15(12)21(16)11-6-5-7-11/h8-9,11H,5-7,10H2,1-4H3,(H,18,19,22). The van der Waals surface area contributed by atoms with Crippen LogP contribution >= 0.6 is 0 Å². The minimum Gasteiger partial charge on any atom is -0.481 e. The maximum absolute atomic E-state index is 12.3. The molecule has 1 N–H and O–H groups in total. The van der Waals surface area contributed by atoms with E-state index in [1.54, 1.807) is 13.2 Å². The van der Waals surface area contributed by atoms with E-state index in [-0.39, 0.29) is 11.3 Å². The molecule has 0 bridgehead atoms. The molecule has 1 amide bonds. The van der Waals surface area contributed by atoms with Crippen molar-refractivity contribution in [2.75, 3.05) is 12.4 Å². The third kappa shape index (κ3) is 3.30. The maximum atomic E-state index is 12.3. The molecule has 0 aliphatic heterocycles. The summed E-state index contributed by atoms with van der Waals surface area (Å²) in [6, 6.07) is 4.03. The van der Waals surface area contributed by atoms with Crippen LogP contribution in [0, 0.1) is 5.41 Å². The predicted molar refractivity (Wildman–Crippen MR) is 89.7 cm³/mol. The molecule has 2 heterocycles. The summed E-state index contributed by atoms with van der Waals surface area (Å²) < 4.78 is 7.28. The van der Waals surface area contributed by atoms with E-state index in [2.05, 4.69) is 19.9 Å². The fraction of sp³-hybridized carbons (Fsp3) is 0.588. The van der Waals surface area contributed by atoms with E-state index < -0.39 is 0 Å². The molecule has 6 heteroatoms. The predicted octanol–water partition coefficient (Wildman–Crippen LogP) is 3.54. The average Bonchev–Trinajstić information content (AvgIpc) is 2.72. The van der Waals surface area contributed by atoms with Crippen molar-refractivity contribution in [3.05, 3.63) is 12.1 Å². The summed E-state index contributed by atoms with van der Waals surface area (Å²) in [7, 11) is 1.60. The Morgan fingerprint density at radius 3 is 2.65 bits per heavy atom. The molecule has 0 spiro atoms. The van der Waals surface area contributed by atoms with Crippen molar-refractivity contribution in [3.8, 4) is 5.88 Å². The Morgan fingerprint density at radius 1 is 1.35 bits per heavy atom. The molecule has 1 aliphatic carbocycles. The molecule has 1 aliphatic rings. The number of fused-ring (bicyclic) bond motifs is 1.